The Morgan fingerprint density at radius 2 is 1.68 bits per heavy atom. The fourth-order valence-corrected chi connectivity index (χ4v) is 3.49. The first-order chi connectivity index (χ1) is 10.0. The molecule has 1 aliphatic rings. The van der Waals surface area contributed by atoms with Gasteiger partial charge in [0.2, 0.25) is 0 Å². The third kappa shape index (κ3) is 11.5. The van der Waals surface area contributed by atoms with E-state index in [9.17, 15) is 8.42 Å². The molecule has 0 amide bonds. The first kappa shape index (κ1) is 21.9. The van der Waals surface area contributed by atoms with Crippen LogP contribution in [-0.4, -0.2) is 46.5 Å². The summed E-state index contributed by atoms with van der Waals surface area (Å²) in [6, 6.07) is 0. The average molecular weight is 445 g/mol. The number of unbranched alkanes of at least 4 members (excludes halogenated alkanes) is 1. The topological polar surface area (TPSA) is 70.6 Å². The number of nitrogens with one attached hydrogen (secondary N) is 2. The Balaban J connectivity index is 0.00000441. The summed E-state index contributed by atoms with van der Waals surface area (Å²) in [5.41, 5.74) is 0. The molecule has 0 spiro atoms. The van der Waals surface area contributed by atoms with Crippen LogP contribution in [0.3, 0.4) is 0 Å². The van der Waals surface area contributed by atoms with Crippen molar-refractivity contribution >= 4 is 39.8 Å². The molecule has 1 fully saturated rings. The molecule has 0 radical (unpaired) electrons. The lowest BCUT2D eigenvalue weighted by Gasteiger charge is -2.12. The van der Waals surface area contributed by atoms with E-state index in [1.165, 1.54) is 51.2 Å². The predicted molar refractivity (Wildman–Crippen MR) is 105 cm³/mol. The van der Waals surface area contributed by atoms with E-state index >= 15 is 0 Å². The SMILES string of the molecule is CN=C(NCCCCC1CCCC1)NCCCS(C)(=O)=O.I. The molecular formula is C15H32IN3O2S. The van der Waals surface area contributed by atoms with E-state index in [1.807, 2.05) is 0 Å². The van der Waals surface area contributed by atoms with Crippen molar-refractivity contribution in [2.24, 2.45) is 10.9 Å². The highest BCUT2D eigenvalue weighted by Crippen LogP contribution is 2.28. The van der Waals surface area contributed by atoms with Gasteiger partial charge in [-0.2, -0.15) is 0 Å². The first-order valence-electron chi connectivity index (χ1n) is 8.13. The molecule has 5 nitrogen and oxygen atoms in total. The van der Waals surface area contributed by atoms with Crippen LogP contribution in [0.2, 0.25) is 0 Å². The number of guanidine groups is 1. The first-order valence-corrected chi connectivity index (χ1v) is 10.2. The summed E-state index contributed by atoms with van der Waals surface area (Å²) in [5.74, 6) is 1.96. The summed E-state index contributed by atoms with van der Waals surface area (Å²) in [5, 5.41) is 6.43. The van der Waals surface area contributed by atoms with E-state index < -0.39 is 9.84 Å². The lowest BCUT2D eigenvalue weighted by atomic mass is 10.0. The maximum absolute atomic E-state index is 11.0. The molecule has 0 atom stereocenters. The number of halogens is 1. The molecule has 1 saturated carbocycles. The molecule has 2 N–H and O–H groups in total. The van der Waals surface area contributed by atoms with Crippen LogP contribution in [0.4, 0.5) is 0 Å². The van der Waals surface area contributed by atoms with Crippen LogP contribution in [0.25, 0.3) is 0 Å². The Hall–Kier alpha value is -0.0500. The Bertz CT molecular complexity index is 407. The Labute approximate surface area is 153 Å². The summed E-state index contributed by atoms with van der Waals surface area (Å²) in [6.45, 7) is 1.56. The lowest BCUT2D eigenvalue weighted by Crippen LogP contribution is -2.38. The number of rotatable bonds is 9. The van der Waals surface area contributed by atoms with Gasteiger partial charge in [0.15, 0.2) is 5.96 Å². The van der Waals surface area contributed by atoms with Gasteiger partial charge in [-0.15, -0.1) is 24.0 Å². The second-order valence-electron chi connectivity index (χ2n) is 6.06. The maximum Gasteiger partial charge on any atom is 0.190 e. The van der Waals surface area contributed by atoms with Crippen LogP contribution in [0, 0.1) is 5.92 Å². The van der Waals surface area contributed by atoms with E-state index in [1.54, 1.807) is 7.05 Å². The number of hydrogen-bond acceptors (Lipinski definition) is 3. The molecule has 0 bridgehead atoms. The standard InChI is InChI=1S/C15H31N3O2S.HI/c1-16-15(18-12-7-13-21(2,19)20)17-11-6-5-10-14-8-3-4-9-14;/h14H,3-13H2,1-2H3,(H2,16,17,18);1H. The normalized spacial score (nSPS) is 16.4. The number of hydrogen-bond donors (Lipinski definition) is 2. The smallest absolute Gasteiger partial charge is 0.190 e. The molecule has 0 aromatic rings. The Kier molecular flexibility index (Phi) is 12.4. The molecule has 0 aliphatic heterocycles. The highest BCUT2D eigenvalue weighted by atomic mass is 127. The van der Waals surface area contributed by atoms with E-state index in [2.05, 4.69) is 15.6 Å². The average Bonchev–Trinajstić information content (AvgIpc) is 2.92. The van der Waals surface area contributed by atoms with Crippen LogP contribution in [-0.2, 0) is 9.84 Å². The zero-order chi connectivity index (χ0) is 15.6. The molecule has 1 rings (SSSR count). The van der Waals surface area contributed by atoms with Crippen molar-refractivity contribution in [1.82, 2.24) is 10.6 Å². The van der Waals surface area contributed by atoms with Gasteiger partial charge in [-0.05, 0) is 18.8 Å². The quantitative estimate of drug-likeness (QED) is 0.248. The fraction of sp³-hybridized carbons (Fsp3) is 0.933. The van der Waals surface area contributed by atoms with E-state index in [0.717, 1.165) is 18.4 Å². The summed E-state index contributed by atoms with van der Waals surface area (Å²) >= 11 is 0. The zero-order valence-electron chi connectivity index (χ0n) is 13.9. The van der Waals surface area contributed by atoms with Gasteiger partial charge < -0.3 is 10.6 Å². The molecule has 0 aromatic carbocycles. The minimum Gasteiger partial charge on any atom is -0.356 e. The van der Waals surface area contributed by atoms with Crippen LogP contribution in [0.15, 0.2) is 4.99 Å². The number of sulfone groups is 1. The number of nitrogens with zero attached hydrogens (tertiary/aromatic N) is 1. The van der Waals surface area contributed by atoms with Crippen molar-refractivity contribution in [3.8, 4) is 0 Å². The van der Waals surface area contributed by atoms with Crippen LogP contribution in [0.1, 0.15) is 51.4 Å². The highest BCUT2D eigenvalue weighted by molar-refractivity contribution is 14.0. The van der Waals surface area contributed by atoms with Crippen molar-refractivity contribution in [3.05, 3.63) is 0 Å². The van der Waals surface area contributed by atoms with Crippen LogP contribution >= 0.6 is 24.0 Å². The largest absolute Gasteiger partial charge is 0.356 e. The molecule has 0 aromatic heterocycles. The third-order valence-electron chi connectivity index (χ3n) is 4.01. The van der Waals surface area contributed by atoms with Gasteiger partial charge >= 0.3 is 0 Å². The van der Waals surface area contributed by atoms with Crippen LogP contribution < -0.4 is 10.6 Å². The fourth-order valence-electron chi connectivity index (χ4n) is 2.83. The maximum atomic E-state index is 11.0. The summed E-state index contributed by atoms with van der Waals surface area (Å²) in [7, 11) is -1.12. The molecule has 0 saturated heterocycles. The molecule has 132 valence electrons. The second kappa shape index (κ2) is 12.4. The molecule has 0 heterocycles. The second-order valence-corrected chi connectivity index (χ2v) is 8.32. The Morgan fingerprint density at radius 3 is 2.23 bits per heavy atom. The lowest BCUT2D eigenvalue weighted by molar-refractivity contribution is 0.472. The summed E-state index contributed by atoms with van der Waals surface area (Å²) in [6.07, 6.45) is 11.4. The van der Waals surface area contributed by atoms with Gasteiger partial charge in [0, 0.05) is 26.4 Å². The van der Waals surface area contributed by atoms with Gasteiger partial charge in [-0.3, -0.25) is 4.99 Å². The monoisotopic (exact) mass is 445 g/mol. The van der Waals surface area contributed by atoms with Crippen LogP contribution in [0.5, 0.6) is 0 Å². The molecule has 22 heavy (non-hydrogen) atoms. The zero-order valence-corrected chi connectivity index (χ0v) is 17.1. The van der Waals surface area contributed by atoms with Crippen molar-refractivity contribution in [2.75, 3.05) is 32.1 Å². The van der Waals surface area contributed by atoms with Gasteiger partial charge in [-0.1, -0.05) is 38.5 Å². The number of aliphatic imine (C=N–C) groups is 1. The van der Waals surface area contributed by atoms with Crippen molar-refractivity contribution in [2.45, 2.75) is 51.4 Å². The van der Waals surface area contributed by atoms with Gasteiger partial charge in [-0.25, -0.2) is 8.42 Å². The van der Waals surface area contributed by atoms with E-state index in [4.69, 9.17) is 0 Å². The predicted octanol–water partition coefficient (Wildman–Crippen LogP) is 2.56. The van der Waals surface area contributed by atoms with Crippen molar-refractivity contribution < 1.29 is 8.42 Å². The highest BCUT2D eigenvalue weighted by Gasteiger charge is 2.13. The van der Waals surface area contributed by atoms with Crippen molar-refractivity contribution in [3.63, 3.8) is 0 Å². The molecular weight excluding hydrogens is 413 g/mol. The summed E-state index contributed by atoms with van der Waals surface area (Å²) in [4.78, 5) is 4.14. The van der Waals surface area contributed by atoms with E-state index in [-0.39, 0.29) is 29.7 Å². The minimum absolute atomic E-state index is 0. The minimum atomic E-state index is -2.86. The third-order valence-corrected chi connectivity index (χ3v) is 5.04. The Morgan fingerprint density at radius 1 is 1.09 bits per heavy atom. The summed E-state index contributed by atoms with van der Waals surface area (Å²) < 4.78 is 22.0. The molecule has 7 heteroatoms. The van der Waals surface area contributed by atoms with Gasteiger partial charge in [0.25, 0.3) is 0 Å². The molecule has 0 unspecified atom stereocenters. The van der Waals surface area contributed by atoms with Crippen molar-refractivity contribution in [1.29, 1.82) is 0 Å². The molecule has 1 aliphatic carbocycles. The van der Waals surface area contributed by atoms with Gasteiger partial charge in [0.1, 0.15) is 9.84 Å². The van der Waals surface area contributed by atoms with E-state index in [0.29, 0.717) is 13.0 Å². The van der Waals surface area contributed by atoms with Gasteiger partial charge in [0.05, 0.1) is 5.75 Å².